The number of fused-ring (bicyclic) bond motifs is 2. The van der Waals surface area contributed by atoms with Crippen LogP contribution in [0.2, 0.25) is 0 Å². The second kappa shape index (κ2) is 23.9. The normalized spacial score (nSPS) is 10.6. The molecule has 1 aliphatic rings. The first-order valence-electron chi connectivity index (χ1n) is 13.7. The quantitative estimate of drug-likeness (QED) is 0.0346. The number of aryl methyl sites for hydroxylation is 2. The van der Waals surface area contributed by atoms with Crippen molar-refractivity contribution in [1.82, 2.24) is 25.3 Å². The number of nitrogen functional groups attached to an aromatic ring is 3. The van der Waals surface area contributed by atoms with Gasteiger partial charge in [0, 0.05) is 108 Å². The van der Waals surface area contributed by atoms with Crippen molar-refractivity contribution in [1.29, 1.82) is 0 Å². The molecule has 0 amide bonds. The number of hydrogen-bond acceptors (Lipinski definition) is 11. The molecule has 1 aliphatic carbocycles. The number of aliphatic imine (C=N–C) groups is 1. The summed E-state index contributed by atoms with van der Waals surface area (Å²) in [5.74, 6) is 1.68. The van der Waals surface area contributed by atoms with Crippen LogP contribution in [0.5, 0.6) is 0 Å². The van der Waals surface area contributed by atoms with E-state index >= 15 is 0 Å². The minimum absolute atomic E-state index is 0. The molecule has 0 bridgehead atoms. The Bertz CT molecular complexity index is 1760. The van der Waals surface area contributed by atoms with E-state index in [1.54, 1.807) is 24.9 Å². The van der Waals surface area contributed by atoms with E-state index in [9.17, 15) is 20.2 Å². The topological polar surface area (TPSA) is 278 Å². The van der Waals surface area contributed by atoms with E-state index in [-0.39, 0.29) is 86.1 Å². The van der Waals surface area contributed by atoms with Crippen molar-refractivity contribution in [2.24, 2.45) is 4.99 Å². The molecule has 2 heterocycles. The van der Waals surface area contributed by atoms with Crippen molar-refractivity contribution in [3.05, 3.63) is 86.5 Å². The maximum absolute atomic E-state index is 10.4. The number of hydrogen-bond donors (Lipinski definition) is 6. The van der Waals surface area contributed by atoms with Gasteiger partial charge < -0.3 is 38.0 Å². The Morgan fingerprint density at radius 1 is 0.833 bits per heavy atom. The second-order valence-corrected chi connectivity index (χ2v) is 10.3. The number of H-pyrrole nitrogens is 2. The molecule has 0 saturated heterocycles. The van der Waals surface area contributed by atoms with Gasteiger partial charge in [0.25, 0.3) is 11.4 Å². The fourth-order valence-electron chi connectivity index (χ4n) is 3.37. The molecule has 19 heteroatoms. The molecule has 0 atom stereocenters. The predicted octanol–water partition coefficient (Wildman–Crippen LogP) is 4.89. The SMILES string of the molecule is C1CC1.CN=C(NC)SC.Cc1nc2ccc(N)cc2[nH]1.Cc1nc2ccc([N+](=O)[O-])cc2[nH]1.Nc1ccc([N+](=O)[O-])cc1N.O.[Ac].[Zn]. The first-order valence-corrected chi connectivity index (χ1v) is 14.9. The average molecular weight is 948 g/mol. The molecule has 5 aromatic rings. The van der Waals surface area contributed by atoms with Crippen molar-refractivity contribution in [3.8, 4) is 0 Å². The summed E-state index contributed by atoms with van der Waals surface area (Å²) in [6.45, 7) is 3.74. The number of nitrogens with two attached hydrogens (primary N) is 3. The number of thioether (sulfide) groups is 1. The molecule has 3 aromatic carbocycles. The molecule has 2 aromatic heterocycles. The molecule has 0 spiro atoms. The minimum Gasteiger partial charge on any atom is -0.412 e. The predicted molar refractivity (Wildman–Crippen MR) is 188 cm³/mol. The van der Waals surface area contributed by atoms with Crippen LogP contribution < -0.4 is 22.5 Å². The number of rotatable bonds is 2. The van der Waals surface area contributed by atoms with Crippen molar-refractivity contribution in [2.75, 3.05) is 37.6 Å². The Labute approximate surface area is 330 Å². The van der Waals surface area contributed by atoms with Crippen LogP contribution in [0.1, 0.15) is 30.9 Å². The summed E-state index contributed by atoms with van der Waals surface area (Å²) in [5, 5.41) is 24.5. The van der Waals surface area contributed by atoms with Gasteiger partial charge in [-0.05, 0) is 50.4 Å². The smallest absolute Gasteiger partial charge is 0.271 e. The number of nitrogens with zero attached hydrogens (tertiary/aromatic N) is 5. The van der Waals surface area contributed by atoms with E-state index in [0.717, 1.165) is 39.1 Å². The number of non-ortho nitro benzene ring substituents is 2. The third-order valence-electron chi connectivity index (χ3n) is 5.66. The van der Waals surface area contributed by atoms with Gasteiger partial charge in [0.2, 0.25) is 0 Å². The fourth-order valence-corrected chi connectivity index (χ4v) is 3.76. The van der Waals surface area contributed by atoms with Crippen LogP contribution in [0.15, 0.2) is 59.6 Å². The van der Waals surface area contributed by atoms with E-state index in [1.807, 2.05) is 45.4 Å². The molecule has 16 nitrogen and oxygen atoms in total. The van der Waals surface area contributed by atoms with Gasteiger partial charge in [-0.25, -0.2) is 9.97 Å². The maximum atomic E-state index is 10.4. The van der Waals surface area contributed by atoms with E-state index < -0.39 is 9.85 Å². The zero-order valence-electron chi connectivity index (χ0n) is 27.6. The van der Waals surface area contributed by atoms with Crippen LogP contribution in [0.25, 0.3) is 22.1 Å². The van der Waals surface area contributed by atoms with Crippen molar-refractivity contribution in [3.63, 3.8) is 0 Å². The summed E-state index contributed by atoms with van der Waals surface area (Å²) in [4.78, 5) is 38.0. The third-order valence-corrected chi connectivity index (χ3v) is 6.44. The molecular formula is C29H41AcN11O5SZn. The number of nitro benzene ring substituents is 2. The number of nitro groups is 2. The Kier molecular flexibility index (Phi) is 23.3. The van der Waals surface area contributed by atoms with Crippen LogP contribution in [-0.4, -0.2) is 60.8 Å². The Balaban J connectivity index is 0. The average Bonchev–Trinajstić information content (AvgIpc) is 3.77. The van der Waals surface area contributed by atoms with Crippen LogP contribution in [0, 0.1) is 78.1 Å². The molecule has 1 saturated carbocycles. The van der Waals surface area contributed by atoms with Gasteiger partial charge in [-0.2, -0.15) is 0 Å². The van der Waals surface area contributed by atoms with Crippen molar-refractivity contribution in [2.45, 2.75) is 33.1 Å². The monoisotopic (exact) mass is 946 g/mol. The van der Waals surface area contributed by atoms with Gasteiger partial charge in [0.15, 0.2) is 5.17 Å². The Morgan fingerprint density at radius 3 is 1.69 bits per heavy atom. The van der Waals surface area contributed by atoms with Gasteiger partial charge in [0.05, 0.1) is 43.3 Å². The van der Waals surface area contributed by atoms with Gasteiger partial charge in [-0.1, -0.05) is 31.0 Å². The molecule has 1 fully saturated rings. The number of aromatic nitrogens is 4. The van der Waals surface area contributed by atoms with E-state index in [0.29, 0.717) is 11.2 Å². The zero-order valence-corrected chi connectivity index (χ0v) is 36.1. The minimum atomic E-state index is -0.518. The number of amidine groups is 1. The van der Waals surface area contributed by atoms with Gasteiger partial charge in [-0.15, -0.1) is 0 Å². The van der Waals surface area contributed by atoms with Gasteiger partial charge in [-0.3, -0.25) is 25.2 Å². The number of anilines is 3. The number of aromatic amines is 2. The zero-order chi connectivity index (χ0) is 33.5. The fraction of sp³-hybridized carbons (Fsp3) is 0.276. The standard InChI is InChI=1S/C8H7N3O2.C8H9N3.C6H7N3O2.C4H10N2S.C3H6.Ac.H2O.Zn/c1-5-9-7-3-2-6(11(12)13)4-8(7)10-5;1-5-10-7-3-2-6(9)4-8(7)11-5;7-5-2-1-4(9(10)11)3-6(5)8;1-5-4(6-2)7-3;1-2-3-1;;;/h2-4H,1H3,(H,9,10);2-4H,9H2,1H3,(H,10,11);1-3H,7-8H2;1-3H3,(H,5,6);1-3H2;;1H2;. The van der Waals surface area contributed by atoms with Crippen LogP contribution in [-0.2, 0) is 19.5 Å². The van der Waals surface area contributed by atoms with Gasteiger partial charge >= 0.3 is 0 Å². The molecule has 0 aliphatic heterocycles. The summed E-state index contributed by atoms with van der Waals surface area (Å²) < 4.78 is 0. The maximum Gasteiger partial charge on any atom is 0.271 e. The number of benzene rings is 3. The summed E-state index contributed by atoms with van der Waals surface area (Å²) in [7, 11) is 3.63. The Hall–Kier alpha value is -3.36. The van der Waals surface area contributed by atoms with Crippen molar-refractivity contribution < 1.29 is 78.9 Å². The second-order valence-electron chi connectivity index (χ2n) is 9.49. The van der Waals surface area contributed by atoms with E-state index in [4.69, 9.17) is 17.2 Å². The molecule has 0 unspecified atom stereocenters. The third kappa shape index (κ3) is 16.7. The molecule has 253 valence electrons. The van der Waals surface area contributed by atoms with Crippen LogP contribution in [0.3, 0.4) is 0 Å². The molecular weight excluding hydrogens is 907 g/mol. The summed E-state index contributed by atoms with van der Waals surface area (Å²) in [6, 6.07) is 14.2. The summed E-state index contributed by atoms with van der Waals surface area (Å²) >= 11 is 1.61. The summed E-state index contributed by atoms with van der Waals surface area (Å²) in [5.41, 5.74) is 21.1. The summed E-state index contributed by atoms with van der Waals surface area (Å²) in [6.07, 6.45) is 6.48. The van der Waals surface area contributed by atoms with E-state index in [2.05, 4.69) is 30.2 Å². The molecule has 1 radical (unpaired) electrons. The first kappa shape index (κ1) is 46.8. The van der Waals surface area contributed by atoms with Crippen LogP contribution >= 0.6 is 11.8 Å². The van der Waals surface area contributed by atoms with E-state index in [1.165, 1.54) is 49.6 Å². The van der Waals surface area contributed by atoms with Crippen molar-refractivity contribution >= 4 is 67.4 Å². The largest absolute Gasteiger partial charge is 0.412 e. The molecule has 11 N–H and O–H groups in total. The number of nitrogens with one attached hydrogen (secondary N) is 3. The molecule has 48 heavy (non-hydrogen) atoms. The number of imidazole rings is 2. The molecule has 6 rings (SSSR count). The van der Waals surface area contributed by atoms with Crippen LogP contribution in [0.4, 0.5) is 28.4 Å². The Morgan fingerprint density at radius 2 is 1.29 bits per heavy atom. The first-order chi connectivity index (χ1) is 21.4. The van der Waals surface area contributed by atoms with Gasteiger partial charge in [0.1, 0.15) is 11.6 Å².